The van der Waals surface area contributed by atoms with Crippen LogP contribution < -0.4 is 5.32 Å². The maximum atomic E-state index is 11.0. The fourth-order valence-electron chi connectivity index (χ4n) is 1.38. The molecule has 1 rings (SSSR count). The molecule has 3 heteroatoms. The van der Waals surface area contributed by atoms with Gasteiger partial charge in [-0.3, -0.25) is 4.79 Å². The van der Waals surface area contributed by atoms with Crippen LogP contribution in [0.4, 0.5) is 5.69 Å². The molecule has 0 amide bonds. The molecule has 0 saturated carbocycles. The van der Waals surface area contributed by atoms with Gasteiger partial charge in [0, 0.05) is 11.7 Å². The number of carbonyl (C=O) groups is 1. The van der Waals surface area contributed by atoms with Gasteiger partial charge in [0.1, 0.15) is 0 Å². The van der Waals surface area contributed by atoms with Gasteiger partial charge in [-0.25, -0.2) is 0 Å². The number of anilines is 1. The highest BCUT2D eigenvalue weighted by molar-refractivity contribution is 5.70. The van der Waals surface area contributed by atoms with Crippen molar-refractivity contribution < 1.29 is 9.53 Å². The molecule has 0 radical (unpaired) electrons. The Morgan fingerprint density at radius 1 is 1.47 bits per heavy atom. The second-order valence-corrected chi connectivity index (χ2v) is 3.64. The Labute approximate surface area is 90.4 Å². The van der Waals surface area contributed by atoms with Crippen molar-refractivity contribution >= 4 is 11.7 Å². The summed E-state index contributed by atoms with van der Waals surface area (Å²) in [7, 11) is 1.41. The first-order valence-corrected chi connectivity index (χ1v) is 5.02. The largest absolute Gasteiger partial charge is 0.469 e. The Balaban J connectivity index is 2.55. The van der Waals surface area contributed by atoms with Crippen LogP contribution in [0.1, 0.15) is 18.9 Å². The van der Waals surface area contributed by atoms with Crippen molar-refractivity contribution in [3.8, 4) is 0 Å². The summed E-state index contributed by atoms with van der Waals surface area (Å²) in [5.41, 5.74) is 2.24. The number of carbonyl (C=O) groups excluding carboxylic acids is 1. The van der Waals surface area contributed by atoms with Crippen LogP contribution in [0.25, 0.3) is 0 Å². The number of para-hydroxylation sites is 1. The zero-order chi connectivity index (χ0) is 11.3. The molecule has 0 aromatic heterocycles. The molecule has 1 unspecified atom stereocenters. The number of rotatable bonds is 4. The molecule has 15 heavy (non-hydrogen) atoms. The highest BCUT2D eigenvalue weighted by atomic mass is 16.5. The average Bonchev–Trinajstić information content (AvgIpc) is 2.21. The summed E-state index contributed by atoms with van der Waals surface area (Å²) in [6, 6.07) is 8.08. The molecule has 1 aromatic carbocycles. The van der Waals surface area contributed by atoms with E-state index in [4.69, 9.17) is 0 Å². The summed E-state index contributed by atoms with van der Waals surface area (Å²) in [4.78, 5) is 11.0. The molecule has 1 atom stereocenters. The van der Waals surface area contributed by atoms with Crippen molar-refractivity contribution in [2.24, 2.45) is 0 Å². The SMILES string of the molecule is COC(=O)CC(C)Nc1ccccc1C. The Morgan fingerprint density at radius 2 is 2.13 bits per heavy atom. The molecule has 0 aliphatic heterocycles. The van der Waals surface area contributed by atoms with Crippen LogP contribution in [0.5, 0.6) is 0 Å². The number of benzene rings is 1. The van der Waals surface area contributed by atoms with Crippen LogP contribution in [0.15, 0.2) is 24.3 Å². The van der Waals surface area contributed by atoms with Gasteiger partial charge in [0.15, 0.2) is 0 Å². The minimum Gasteiger partial charge on any atom is -0.469 e. The molecule has 82 valence electrons. The fraction of sp³-hybridized carbons (Fsp3) is 0.417. The van der Waals surface area contributed by atoms with Crippen LogP contribution in [-0.2, 0) is 9.53 Å². The number of methoxy groups -OCH3 is 1. The van der Waals surface area contributed by atoms with Crippen LogP contribution in [0, 0.1) is 6.92 Å². The van der Waals surface area contributed by atoms with E-state index in [1.54, 1.807) is 0 Å². The Kier molecular flexibility index (Phi) is 4.16. The third kappa shape index (κ3) is 3.62. The quantitative estimate of drug-likeness (QED) is 0.770. The predicted octanol–water partition coefficient (Wildman–Crippen LogP) is 2.36. The molecule has 0 spiro atoms. The summed E-state index contributed by atoms with van der Waals surface area (Å²) in [6.45, 7) is 4.00. The standard InChI is InChI=1S/C12H17NO2/c1-9-6-4-5-7-11(9)13-10(2)8-12(14)15-3/h4-7,10,13H,8H2,1-3H3. The lowest BCUT2D eigenvalue weighted by Crippen LogP contribution is -2.20. The number of hydrogen-bond acceptors (Lipinski definition) is 3. The number of ether oxygens (including phenoxy) is 1. The minimum atomic E-state index is -0.191. The normalized spacial score (nSPS) is 11.9. The van der Waals surface area contributed by atoms with Gasteiger partial charge < -0.3 is 10.1 Å². The predicted molar refractivity (Wildman–Crippen MR) is 60.9 cm³/mol. The van der Waals surface area contributed by atoms with Crippen molar-refractivity contribution in [3.05, 3.63) is 29.8 Å². The minimum absolute atomic E-state index is 0.0820. The van der Waals surface area contributed by atoms with Gasteiger partial charge in [0.05, 0.1) is 13.5 Å². The van der Waals surface area contributed by atoms with Gasteiger partial charge in [-0.15, -0.1) is 0 Å². The molecule has 0 aliphatic carbocycles. The molecule has 0 aliphatic rings. The van der Waals surface area contributed by atoms with E-state index in [-0.39, 0.29) is 12.0 Å². The summed E-state index contributed by atoms with van der Waals surface area (Å²) in [6.07, 6.45) is 0.380. The Bertz CT molecular complexity index is 336. The van der Waals surface area contributed by atoms with Crippen molar-refractivity contribution in [1.82, 2.24) is 0 Å². The molecule has 0 bridgehead atoms. The molecule has 0 heterocycles. The smallest absolute Gasteiger partial charge is 0.307 e. The average molecular weight is 207 g/mol. The van der Waals surface area contributed by atoms with E-state index in [0.717, 1.165) is 5.69 Å². The van der Waals surface area contributed by atoms with E-state index < -0.39 is 0 Å². The van der Waals surface area contributed by atoms with E-state index in [9.17, 15) is 4.79 Å². The summed E-state index contributed by atoms with van der Waals surface area (Å²) >= 11 is 0. The number of nitrogens with one attached hydrogen (secondary N) is 1. The number of esters is 1. The van der Waals surface area contributed by atoms with E-state index >= 15 is 0 Å². The molecule has 0 fully saturated rings. The number of hydrogen-bond donors (Lipinski definition) is 1. The summed E-state index contributed by atoms with van der Waals surface area (Å²) < 4.78 is 4.61. The van der Waals surface area contributed by atoms with Gasteiger partial charge in [-0.2, -0.15) is 0 Å². The highest BCUT2D eigenvalue weighted by Crippen LogP contribution is 2.15. The van der Waals surface area contributed by atoms with Crippen molar-refractivity contribution in [1.29, 1.82) is 0 Å². The van der Waals surface area contributed by atoms with Gasteiger partial charge in [0.25, 0.3) is 0 Å². The van der Waals surface area contributed by atoms with E-state index in [2.05, 4.69) is 10.1 Å². The van der Waals surface area contributed by atoms with Crippen LogP contribution in [-0.4, -0.2) is 19.1 Å². The lowest BCUT2D eigenvalue weighted by atomic mass is 10.1. The zero-order valence-corrected chi connectivity index (χ0v) is 9.41. The zero-order valence-electron chi connectivity index (χ0n) is 9.41. The van der Waals surface area contributed by atoms with Crippen LogP contribution >= 0.6 is 0 Å². The second kappa shape index (κ2) is 5.39. The second-order valence-electron chi connectivity index (χ2n) is 3.64. The lowest BCUT2D eigenvalue weighted by molar-refractivity contribution is -0.140. The van der Waals surface area contributed by atoms with Crippen molar-refractivity contribution in [2.45, 2.75) is 26.3 Å². The van der Waals surface area contributed by atoms with Gasteiger partial charge in [0.2, 0.25) is 0 Å². The van der Waals surface area contributed by atoms with Crippen molar-refractivity contribution in [3.63, 3.8) is 0 Å². The topological polar surface area (TPSA) is 38.3 Å². The van der Waals surface area contributed by atoms with Gasteiger partial charge >= 0.3 is 5.97 Å². The molecular weight excluding hydrogens is 190 g/mol. The third-order valence-electron chi connectivity index (χ3n) is 2.25. The first kappa shape index (κ1) is 11.6. The van der Waals surface area contributed by atoms with Gasteiger partial charge in [-0.05, 0) is 25.5 Å². The highest BCUT2D eigenvalue weighted by Gasteiger charge is 2.09. The number of aryl methyl sites for hydroxylation is 1. The van der Waals surface area contributed by atoms with Crippen LogP contribution in [0.2, 0.25) is 0 Å². The summed E-state index contributed by atoms with van der Waals surface area (Å²) in [5.74, 6) is -0.191. The molecule has 1 aromatic rings. The third-order valence-corrected chi connectivity index (χ3v) is 2.25. The maximum Gasteiger partial charge on any atom is 0.307 e. The molecule has 0 saturated heterocycles. The van der Waals surface area contributed by atoms with Crippen LogP contribution in [0.3, 0.4) is 0 Å². The summed E-state index contributed by atoms with van der Waals surface area (Å²) in [5, 5.41) is 3.27. The molecule has 3 nitrogen and oxygen atoms in total. The maximum absolute atomic E-state index is 11.0. The van der Waals surface area contributed by atoms with E-state index in [1.165, 1.54) is 12.7 Å². The lowest BCUT2D eigenvalue weighted by Gasteiger charge is -2.15. The fourth-order valence-corrected chi connectivity index (χ4v) is 1.38. The molecular formula is C12H17NO2. The molecule has 1 N–H and O–H groups in total. The Hall–Kier alpha value is -1.51. The monoisotopic (exact) mass is 207 g/mol. The first-order chi connectivity index (χ1) is 7.13. The first-order valence-electron chi connectivity index (χ1n) is 5.02. The van der Waals surface area contributed by atoms with E-state index in [1.807, 2.05) is 38.1 Å². The van der Waals surface area contributed by atoms with Gasteiger partial charge in [-0.1, -0.05) is 18.2 Å². The Morgan fingerprint density at radius 3 is 2.73 bits per heavy atom. The van der Waals surface area contributed by atoms with Crippen molar-refractivity contribution in [2.75, 3.05) is 12.4 Å². The van der Waals surface area contributed by atoms with E-state index in [0.29, 0.717) is 6.42 Å².